The molecule has 6 nitrogen and oxygen atoms in total. The van der Waals surface area contributed by atoms with Gasteiger partial charge in [0.15, 0.2) is 0 Å². The van der Waals surface area contributed by atoms with E-state index in [0.29, 0.717) is 17.3 Å². The molecule has 1 heterocycles. The van der Waals surface area contributed by atoms with Crippen molar-refractivity contribution in [3.8, 4) is 5.69 Å². The monoisotopic (exact) mass is 420 g/mol. The maximum absolute atomic E-state index is 12.5. The van der Waals surface area contributed by atoms with Gasteiger partial charge in [-0.1, -0.05) is 24.3 Å². The topological polar surface area (TPSA) is 76.0 Å². The number of thioether (sulfide) groups is 1. The number of nitrogens with zero attached hydrogens (tertiary/aromatic N) is 2. The molecule has 0 radical (unpaired) electrons. The number of hydrogen-bond donors (Lipinski definition) is 2. The van der Waals surface area contributed by atoms with Gasteiger partial charge in [-0.15, -0.1) is 11.8 Å². The lowest BCUT2D eigenvalue weighted by molar-refractivity contribution is -0.113. The minimum Gasteiger partial charge on any atom is -0.349 e. The molecule has 7 heteroatoms. The van der Waals surface area contributed by atoms with Crippen LogP contribution in [-0.4, -0.2) is 33.4 Å². The SMILES string of the molecule is Cc1nn(-c2ccccc2)c(C)c1SCC(=O)Nc1cccc(C(=O)NC2CC2)c1. The van der Waals surface area contributed by atoms with Crippen molar-refractivity contribution >= 4 is 29.3 Å². The van der Waals surface area contributed by atoms with Crippen LogP contribution >= 0.6 is 11.8 Å². The highest BCUT2D eigenvalue weighted by Gasteiger charge is 2.23. The van der Waals surface area contributed by atoms with E-state index in [1.54, 1.807) is 24.3 Å². The Morgan fingerprint density at radius 2 is 1.87 bits per heavy atom. The van der Waals surface area contributed by atoms with Gasteiger partial charge in [0.25, 0.3) is 5.91 Å². The number of rotatable bonds is 7. The van der Waals surface area contributed by atoms with Crippen LogP contribution in [0.1, 0.15) is 34.6 Å². The van der Waals surface area contributed by atoms with E-state index >= 15 is 0 Å². The second kappa shape index (κ2) is 8.75. The zero-order valence-electron chi connectivity index (χ0n) is 17.0. The van der Waals surface area contributed by atoms with Crippen LogP contribution in [0.15, 0.2) is 59.5 Å². The molecule has 3 aromatic rings. The molecule has 0 spiro atoms. The average molecular weight is 421 g/mol. The van der Waals surface area contributed by atoms with Crippen LogP contribution in [0.25, 0.3) is 5.69 Å². The van der Waals surface area contributed by atoms with E-state index in [9.17, 15) is 9.59 Å². The van der Waals surface area contributed by atoms with Crippen molar-refractivity contribution in [1.82, 2.24) is 15.1 Å². The Balaban J connectivity index is 1.38. The van der Waals surface area contributed by atoms with Crippen LogP contribution in [0.3, 0.4) is 0 Å². The van der Waals surface area contributed by atoms with Crippen molar-refractivity contribution in [2.24, 2.45) is 0 Å². The number of benzene rings is 2. The van der Waals surface area contributed by atoms with Crippen molar-refractivity contribution in [2.75, 3.05) is 11.1 Å². The first-order valence-corrected chi connectivity index (χ1v) is 10.9. The van der Waals surface area contributed by atoms with Gasteiger partial charge < -0.3 is 10.6 Å². The van der Waals surface area contributed by atoms with Crippen molar-refractivity contribution in [3.05, 3.63) is 71.5 Å². The Bertz CT molecular complexity index is 1070. The highest BCUT2D eigenvalue weighted by molar-refractivity contribution is 8.00. The zero-order chi connectivity index (χ0) is 21.1. The summed E-state index contributed by atoms with van der Waals surface area (Å²) in [6.45, 7) is 3.96. The number of amides is 2. The van der Waals surface area contributed by atoms with Gasteiger partial charge in [0, 0.05) is 17.3 Å². The molecule has 2 N–H and O–H groups in total. The van der Waals surface area contributed by atoms with Gasteiger partial charge in [-0.2, -0.15) is 5.10 Å². The molecule has 0 atom stereocenters. The summed E-state index contributed by atoms with van der Waals surface area (Å²) in [6.07, 6.45) is 2.08. The number of carbonyl (C=O) groups excluding carboxylic acids is 2. The predicted octanol–water partition coefficient (Wildman–Crippen LogP) is 4.11. The lowest BCUT2D eigenvalue weighted by Crippen LogP contribution is -2.25. The second-order valence-corrected chi connectivity index (χ2v) is 8.40. The van der Waals surface area contributed by atoms with E-state index in [2.05, 4.69) is 15.7 Å². The fourth-order valence-corrected chi connectivity index (χ4v) is 4.12. The molecule has 1 saturated carbocycles. The Labute approximate surface area is 180 Å². The summed E-state index contributed by atoms with van der Waals surface area (Å²) in [7, 11) is 0. The fourth-order valence-electron chi connectivity index (χ4n) is 3.23. The van der Waals surface area contributed by atoms with E-state index in [0.717, 1.165) is 34.8 Å². The van der Waals surface area contributed by atoms with Gasteiger partial charge in [0.1, 0.15) is 0 Å². The number of nitrogens with one attached hydrogen (secondary N) is 2. The Hall–Kier alpha value is -3.06. The van der Waals surface area contributed by atoms with E-state index in [1.807, 2.05) is 48.9 Å². The molecule has 1 fully saturated rings. The van der Waals surface area contributed by atoms with E-state index in [-0.39, 0.29) is 17.6 Å². The van der Waals surface area contributed by atoms with Gasteiger partial charge in [-0.05, 0) is 57.0 Å². The molecule has 154 valence electrons. The lowest BCUT2D eigenvalue weighted by atomic mass is 10.2. The molecule has 0 unspecified atom stereocenters. The Kier molecular flexibility index (Phi) is 5.90. The minimum atomic E-state index is -0.119. The molecule has 30 heavy (non-hydrogen) atoms. The number of anilines is 1. The highest BCUT2D eigenvalue weighted by Crippen LogP contribution is 2.28. The third kappa shape index (κ3) is 4.74. The summed E-state index contributed by atoms with van der Waals surface area (Å²) in [5.41, 5.74) is 4.08. The maximum atomic E-state index is 12.5. The van der Waals surface area contributed by atoms with Crippen LogP contribution in [-0.2, 0) is 4.79 Å². The zero-order valence-corrected chi connectivity index (χ0v) is 17.8. The molecule has 1 aromatic heterocycles. The summed E-state index contributed by atoms with van der Waals surface area (Å²) >= 11 is 1.47. The highest BCUT2D eigenvalue weighted by atomic mass is 32.2. The predicted molar refractivity (Wildman–Crippen MR) is 119 cm³/mol. The van der Waals surface area contributed by atoms with Crippen molar-refractivity contribution in [3.63, 3.8) is 0 Å². The van der Waals surface area contributed by atoms with Gasteiger partial charge in [-0.25, -0.2) is 4.68 Å². The molecule has 2 aromatic carbocycles. The standard InChI is InChI=1S/C23H24N4O2S/c1-15-22(16(2)27(26-15)20-9-4-3-5-10-20)30-14-21(28)24-19-8-6-7-17(13-19)23(29)25-18-11-12-18/h3-10,13,18H,11-12,14H2,1-2H3,(H,24,28)(H,25,29). The van der Waals surface area contributed by atoms with Crippen LogP contribution in [0.4, 0.5) is 5.69 Å². The van der Waals surface area contributed by atoms with Gasteiger partial charge in [0.05, 0.1) is 27.7 Å². The Morgan fingerprint density at radius 3 is 2.60 bits per heavy atom. The van der Waals surface area contributed by atoms with Crippen LogP contribution < -0.4 is 10.6 Å². The molecule has 1 aliphatic rings. The molecule has 2 amide bonds. The summed E-state index contributed by atoms with van der Waals surface area (Å²) in [4.78, 5) is 25.7. The number of aryl methyl sites for hydroxylation is 1. The molecule has 1 aliphatic carbocycles. The first kappa shape index (κ1) is 20.2. The van der Waals surface area contributed by atoms with E-state index < -0.39 is 0 Å². The maximum Gasteiger partial charge on any atom is 0.251 e. The third-order valence-electron chi connectivity index (χ3n) is 4.89. The lowest BCUT2D eigenvalue weighted by Gasteiger charge is -2.08. The number of hydrogen-bond acceptors (Lipinski definition) is 4. The van der Waals surface area contributed by atoms with Gasteiger partial charge in [0.2, 0.25) is 5.91 Å². The quantitative estimate of drug-likeness (QED) is 0.564. The van der Waals surface area contributed by atoms with Gasteiger partial charge in [-0.3, -0.25) is 9.59 Å². The van der Waals surface area contributed by atoms with Crippen LogP contribution in [0.2, 0.25) is 0 Å². The van der Waals surface area contributed by atoms with Gasteiger partial charge >= 0.3 is 0 Å². The van der Waals surface area contributed by atoms with Crippen LogP contribution in [0, 0.1) is 13.8 Å². The van der Waals surface area contributed by atoms with Crippen molar-refractivity contribution in [1.29, 1.82) is 0 Å². The molecule has 4 rings (SSSR count). The summed E-state index contributed by atoms with van der Waals surface area (Å²) in [5, 5.41) is 10.5. The Morgan fingerprint density at radius 1 is 1.10 bits per heavy atom. The fraction of sp³-hybridized carbons (Fsp3) is 0.261. The minimum absolute atomic E-state index is 0.0949. The summed E-state index contributed by atoms with van der Waals surface area (Å²) in [6, 6.07) is 17.3. The second-order valence-electron chi connectivity index (χ2n) is 7.41. The first-order chi connectivity index (χ1) is 14.5. The van der Waals surface area contributed by atoms with Crippen molar-refractivity contribution < 1.29 is 9.59 Å². The number of para-hydroxylation sites is 1. The third-order valence-corrected chi connectivity index (χ3v) is 6.18. The average Bonchev–Trinajstić information content (AvgIpc) is 3.51. The summed E-state index contributed by atoms with van der Waals surface area (Å²) < 4.78 is 1.90. The smallest absolute Gasteiger partial charge is 0.251 e. The molecule has 0 aliphatic heterocycles. The number of carbonyl (C=O) groups is 2. The van der Waals surface area contributed by atoms with E-state index in [4.69, 9.17) is 0 Å². The molecule has 0 saturated heterocycles. The molecular formula is C23H24N4O2S. The van der Waals surface area contributed by atoms with Crippen molar-refractivity contribution in [2.45, 2.75) is 37.6 Å². The molecule has 0 bridgehead atoms. The summed E-state index contributed by atoms with van der Waals surface area (Å²) in [5.74, 6) is 0.0503. The largest absolute Gasteiger partial charge is 0.349 e. The normalized spacial score (nSPS) is 13.1. The number of aromatic nitrogens is 2. The molecular weight excluding hydrogens is 396 g/mol. The first-order valence-electron chi connectivity index (χ1n) is 9.96. The van der Waals surface area contributed by atoms with Crippen LogP contribution in [0.5, 0.6) is 0 Å². The van der Waals surface area contributed by atoms with E-state index in [1.165, 1.54) is 11.8 Å².